The number of hydrogen-bond acceptors (Lipinski definition) is 3. The summed E-state index contributed by atoms with van der Waals surface area (Å²) in [5.41, 5.74) is 1.04. The van der Waals surface area contributed by atoms with Gasteiger partial charge in [-0.1, -0.05) is 25.4 Å². The Labute approximate surface area is 129 Å². The fourth-order valence-electron chi connectivity index (χ4n) is 1.95. The van der Waals surface area contributed by atoms with Gasteiger partial charge in [-0.2, -0.15) is 0 Å². The SMILES string of the molecule is Cc1cc(C(=O)NCCC(C)(C)CCC(=O)O)cc(Cl)n1. The fourth-order valence-corrected chi connectivity index (χ4v) is 2.20. The average Bonchev–Trinajstić information content (AvgIpc) is 2.35. The topological polar surface area (TPSA) is 79.3 Å². The molecule has 0 radical (unpaired) electrons. The Kier molecular flexibility index (Phi) is 6.15. The van der Waals surface area contributed by atoms with Crippen LogP contribution < -0.4 is 5.32 Å². The van der Waals surface area contributed by atoms with Crippen LogP contribution in [0.3, 0.4) is 0 Å². The highest BCUT2D eigenvalue weighted by Crippen LogP contribution is 2.26. The first-order chi connectivity index (χ1) is 9.69. The first-order valence-corrected chi connectivity index (χ1v) is 7.21. The van der Waals surface area contributed by atoms with Crippen LogP contribution in [0.15, 0.2) is 12.1 Å². The third kappa shape index (κ3) is 6.58. The summed E-state index contributed by atoms with van der Waals surface area (Å²) in [6.07, 6.45) is 1.43. The van der Waals surface area contributed by atoms with Crippen molar-refractivity contribution >= 4 is 23.5 Å². The van der Waals surface area contributed by atoms with E-state index in [0.717, 1.165) is 0 Å². The van der Waals surface area contributed by atoms with Crippen molar-refractivity contribution < 1.29 is 14.7 Å². The summed E-state index contributed by atoms with van der Waals surface area (Å²) in [4.78, 5) is 26.6. The summed E-state index contributed by atoms with van der Waals surface area (Å²) in [5, 5.41) is 11.8. The number of aromatic nitrogens is 1. The normalized spacial score (nSPS) is 11.2. The predicted molar refractivity (Wildman–Crippen MR) is 81.6 cm³/mol. The Morgan fingerprint density at radius 1 is 1.33 bits per heavy atom. The van der Waals surface area contributed by atoms with Crippen molar-refractivity contribution in [1.29, 1.82) is 0 Å². The van der Waals surface area contributed by atoms with Crippen LogP contribution in [0, 0.1) is 12.3 Å². The second kappa shape index (κ2) is 7.41. The molecule has 1 aromatic heterocycles. The van der Waals surface area contributed by atoms with Crippen LogP contribution in [0.4, 0.5) is 0 Å². The van der Waals surface area contributed by atoms with E-state index < -0.39 is 5.97 Å². The molecule has 1 aromatic rings. The zero-order chi connectivity index (χ0) is 16.0. The molecule has 0 bridgehead atoms. The summed E-state index contributed by atoms with van der Waals surface area (Å²) in [7, 11) is 0. The van der Waals surface area contributed by atoms with Crippen molar-refractivity contribution in [3.63, 3.8) is 0 Å². The molecule has 1 amide bonds. The van der Waals surface area contributed by atoms with E-state index in [4.69, 9.17) is 16.7 Å². The van der Waals surface area contributed by atoms with Gasteiger partial charge < -0.3 is 10.4 Å². The molecule has 0 saturated heterocycles. The van der Waals surface area contributed by atoms with Crippen LogP contribution in [0.1, 0.15) is 49.2 Å². The first-order valence-electron chi connectivity index (χ1n) is 6.84. The molecule has 21 heavy (non-hydrogen) atoms. The molecule has 1 rings (SSSR count). The second-order valence-electron chi connectivity index (χ2n) is 5.88. The van der Waals surface area contributed by atoms with Gasteiger partial charge in [0.2, 0.25) is 0 Å². The van der Waals surface area contributed by atoms with Crippen molar-refractivity contribution in [2.45, 2.75) is 40.0 Å². The lowest BCUT2D eigenvalue weighted by Crippen LogP contribution is -2.28. The van der Waals surface area contributed by atoms with E-state index in [1.54, 1.807) is 13.0 Å². The van der Waals surface area contributed by atoms with Gasteiger partial charge in [-0.15, -0.1) is 0 Å². The molecule has 116 valence electrons. The van der Waals surface area contributed by atoms with Gasteiger partial charge in [0.25, 0.3) is 5.91 Å². The van der Waals surface area contributed by atoms with Gasteiger partial charge >= 0.3 is 5.97 Å². The van der Waals surface area contributed by atoms with Gasteiger partial charge in [0.15, 0.2) is 0 Å². The maximum absolute atomic E-state index is 12.0. The zero-order valence-electron chi connectivity index (χ0n) is 12.6. The number of aryl methyl sites for hydroxylation is 1. The molecule has 0 aliphatic carbocycles. The molecule has 0 aromatic carbocycles. The molecule has 0 aliphatic rings. The van der Waals surface area contributed by atoms with Gasteiger partial charge in [-0.3, -0.25) is 9.59 Å². The minimum Gasteiger partial charge on any atom is -0.481 e. The first kappa shape index (κ1) is 17.4. The predicted octanol–water partition coefficient (Wildman–Crippen LogP) is 3.05. The lowest BCUT2D eigenvalue weighted by Gasteiger charge is -2.23. The molecule has 0 unspecified atom stereocenters. The van der Waals surface area contributed by atoms with E-state index in [1.807, 2.05) is 13.8 Å². The van der Waals surface area contributed by atoms with Gasteiger partial charge in [-0.25, -0.2) is 4.98 Å². The summed E-state index contributed by atoms with van der Waals surface area (Å²) >= 11 is 5.83. The Morgan fingerprint density at radius 3 is 2.57 bits per heavy atom. The number of aliphatic carboxylic acids is 1. The monoisotopic (exact) mass is 312 g/mol. The van der Waals surface area contributed by atoms with E-state index >= 15 is 0 Å². The number of rotatable bonds is 7. The molecule has 6 heteroatoms. The Bertz CT molecular complexity index is 509. The summed E-state index contributed by atoms with van der Waals surface area (Å²) in [5.74, 6) is -0.995. The summed E-state index contributed by atoms with van der Waals surface area (Å²) in [6, 6.07) is 3.20. The smallest absolute Gasteiger partial charge is 0.303 e. The van der Waals surface area contributed by atoms with Crippen LogP contribution >= 0.6 is 11.6 Å². The van der Waals surface area contributed by atoms with Crippen LogP contribution in [0.25, 0.3) is 0 Å². The van der Waals surface area contributed by atoms with Gasteiger partial charge in [0.05, 0.1) is 0 Å². The maximum Gasteiger partial charge on any atom is 0.303 e. The molecule has 0 saturated carbocycles. The number of amides is 1. The van der Waals surface area contributed by atoms with E-state index in [1.165, 1.54) is 6.07 Å². The van der Waals surface area contributed by atoms with E-state index in [9.17, 15) is 9.59 Å². The van der Waals surface area contributed by atoms with Crippen LogP contribution in [0.2, 0.25) is 5.15 Å². The Balaban J connectivity index is 2.47. The van der Waals surface area contributed by atoms with Crippen molar-refractivity contribution in [2.75, 3.05) is 6.54 Å². The fraction of sp³-hybridized carbons (Fsp3) is 0.533. The van der Waals surface area contributed by atoms with Crippen molar-refractivity contribution in [3.05, 3.63) is 28.5 Å². The van der Waals surface area contributed by atoms with Crippen molar-refractivity contribution in [1.82, 2.24) is 10.3 Å². The largest absolute Gasteiger partial charge is 0.481 e. The number of pyridine rings is 1. The van der Waals surface area contributed by atoms with Gasteiger partial charge in [0.1, 0.15) is 5.15 Å². The quantitative estimate of drug-likeness (QED) is 0.758. The number of carboxylic acid groups (broad SMARTS) is 1. The maximum atomic E-state index is 12.0. The van der Waals surface area contributed by atoms with Crippen LogP contribution in [0.5, 0.6) is 0 Å². The molecular weight excluding hydrogens is 292 g/mol. The number of halogens is 1. The summed E-state index contributed by atoms with van der Waals surface area (Å²) < 4.78 is 0. The van der Waals surface area contributed by atoms with Crippen molar-refractivity contribution in [3.8, 4) is 0 Å². The van der Waals surface area contributed by atoms with Crippen molar-refractivity contribution in [2.24, 2.45) is 5.41 Å². The third-order valence-corrected chi connectivity index (χ3v) is 3.48. The number of carboxylic acids is 1. The highest BCUT2D eigenvalue weighted by Gasteiger charge is 2.19. The van der Waals surface area contributed by atoms with E-state index in [0.29, 0.717) is 35.8 Å². The molecule has 0 aliphatic heterocycles. The number of hydrogen-bond donors (Lipinski definition) is 2. The standard InChI is InChI=1S/C15H21ClN2O3/c1-10-8-11(9-12(16)18-10)14(21)17-7-6-15(2,3)5-4-13(19)20/h8-9H,4-7H2,1-3H3,(H,17,21)(H,19,20). The highest BCUT2D eigenvalue weighted by molar-refractivity contribution is 6.29. The Morgan fingerprint density at radius 2 is 2.00 bits per heavy atom. The van der Waals surface area contributed by atoms with Crippen LogP contribution in [-0.2, 0) is 4.79 Å². The van der Waals surface area contributed by atoms with Gasteiger partial charge in [0, 0.05) is 24.2 Å². The molecule has 0 atom stereocenters. The van der Waals surface area contributed by atoms with Gasteiger partial charge in [-0.05, 0) is 37.3 Å². The summed E-state index contributed by atoms with van der Waals surface area (Å²) in [6.45, 7) is 6.26. The second-order valence-corrected chi connectivity index (χ2v) is 6.27. The molecule has 5 nitrogen and oxygen atoms in total. The molecule has 2 N–H and O–H groups in total. The number of nitrogens with one attached hydrogen (secondary N) is 1. The molecular formula is C15H21ClN2O3. The minimum absolute atomic E-state index is 0.128. The number of carbonyl (C=O) groups excluding carboxylic acids is 1. The minimum atomic E-state index is -0.797. The zero-order valence-corrected chi connectivity index (χ0v) is 13.3. The van der Waals surface area contributed by atoms with E-state index in [-0.39, 0.29) is 17.7 Å². The number of carbonyl (C=O) groups is 2. The third-order valence-electron chi connectivity index (χ3n) is 3.29. The average molecular weight is 313 g/mol. The molecule has 1 heterocycles. The Hall–Kier alpha value is -1.62. The van der Waals surface area contributed by atoms with Crippen LogP contribution in [-0.4, -0.2) is 28.5 Å². The molecule has 0 fully saturated rings. The number of nitrogens with zero attached hydrogens (tertiary/aromatic N) is 1. The highest BCUT2D eigenvalue weighted by atomic mass is 35.5. The van der Waals surface area contributed by atoms with E-state index in [2.05, 4.69) is 10.3 Å². The lowest BCUT2D eigenvalue weighted by molar-refractivity contribution is -0.137. The molecule has 0 spiro atoms. The lowest BCUT2D eigenvalue weighted by atomic mass is 9.84.